The van der Waals surface area contributed by atoms with Crippen LogP contribution in [0.2, 0.25) is 0 Å². The molecule has 0 amide bonds. The lowest BCUT2D eigenvalue weighted by Crippen LogP contribution is -2.65. The minimum absolute atomic E-state index is 0.201. The molecule has 1 saturated heterocycles. The van der Waals surface area contributed by atoms with Gasteiger partial charge in [0.2, 0.25) is 0 Å². The minimum Gasteiger partial charge on any atom is -0.468 e. The molecule has 6 heteroatoms. The maximum Gasteiger partial charge on any atom is 0.184 e. The summed E-state index contributed by atoms with van der Waals surface area (Å²) in [6.45, 7) is 3.43. The van der Waals surface area contributed by atoms with E-state index < -0.39 is 5.72 Å². The molecular formula is C14H17BrN2O2S. The largest absolute Gasteiger partial charge is 0.468 e. The van der Waals surface area contributed by atoms with Crippen molar-refractivity contribution in [2.45, 2.75) is 25.1 Å². The predicted octanol–water partition coefficient (Wildman–Crippen LogP) is 2.83. The van der Waals surface area contributed by atoms with Gasteiger partial charge in [0, 0.05) is 30.1 Å². The van der Waals surface area contributed by atoms with Crippen molar-refractivity contribution in [2.24, 2.45) is 0 Å². The van der Waals surface area contributed by atoms with Crippen molar-refractivity contribution in [3.8, 4) is 5.75 Å². The molecule has 0 radical (unpaired) electrons. The van der Waals surface area contributed by atoms with E-state index >= 15 is 0 Å². The van der Waals surface area contributed by atoms with Gasteiger partial charge in [-0.05, 0) is 37.3 Å². The highest BCUT2D eigenvalue weighted by Crippen LogP contribution is 2.44. The number of fused-ring (bicyclic) bond motifs is 4. The zero-order valence-corrected chi connectivity index (χ0v) is 13.9. The summed E-state index contributed by atoms with van der Waals surface area (Å²) in [6, 6.07) is 6.31. The van der Waals surface area contributed by atoms with Crippen LogP contribution in [0.1, 0.15) is 24.9 Å². The molecule has 20 heavy (non-hydrogen) atoms. The van der Waals surface area contributed by atoms with E-state index in [2.05, 4.69) is 39.1 Å². The standard InChI is InChI=1S/C14H17BrN2O2S/c1-14-8-11(16-13(20)17(14)5-6-18-2)10-7-9(15)3-4-12(10)19-14/h3-4,7,11H,5-6,8H2,1-2H3,(H,16,20). The van der Waals surface area contributed by atoms with E-state index in [-0.39, 0.29) is 6.04 Å². The zero-order valence-electron chi connectivity index (χ0n) is 11.5. The molecule has 4 nitrogen and oxygen atoms in total. The average Bonchev–Trinajstić information content (AvgIpc) is 2.39. The Hall–Kier alpha value is -0.850. The number of thiocarbonyl (C=S) groups is 1. The van der Waals surface area contributed by atoms with Crippen LogP contribution in [0.5, 0.6) is 5.75 Å². The summed E-state index contributed by atoms with van der Waals surface area (Å²) in [5, 5.41) is 4.14. The van der Waals surface area contributed by atoms with Crippen LogP contribution >= 0.6 is 28.1 Å². The van der Waals surface area contributed by atoms with Crippen LogP contribution in [0.25, 0.3) is 0 Å². The molecule has 2 unspecified atom stereocenters. The smallest absolute Gasteiger partial charge is 0.184 e. The summed E-state index contributed by atoms with van der Waals surface area (Å²) in [7, 11) is 1.69. The Morgan fingerprint density at radius 2 is 2.40 bits per heavy atom. The van der Waals surface area contributed by atoms with Gasteiger partial charge in [0.25, 0.3) is 0 Å². The molecule has 2 heterocycles. The number of methoxy groups -OCH3 is 1. The van der Waals surface area contributed by atoms with Gasteiger partial charge in [0.1, 0.15) is 5.75 Å². The molecule has 108 valence electrons. The summed E-state index contributed by atoms with van der Waals surface area (Å²) < 4.78 is 12.5. The Morgan fingerprint density at radius 1 is 1.60 bits per heavy atom. The number of hydrogen-bond acceptors (Lipinski definition) is 3. The van der Waals surface area contributed by atoms with Crippen molar-refractivity contribution < 1.29 is 9.47 Å². The number of benzene rings is 1. The van der Waals surface area contributed by atoms with Crippen LogP contribution in [0.3, 0.4) is 0 Å². The highest BCUT2D eigenvalue weighted by molar-refractivity contribution is 9.10. The van der Waals surface area contributed by atoms with Crippen molar-refractivity contribution in [1.29, 1.82) is 0 Å². The maximum absolute atomic E-state index is 6.25. The lowest BCUT2D eigenvalue weighted by atomic mass is 9.91. The third-order valence-corrected chi connectivity index (χ3v) is 4.72. The molecule has 0 aliphatic carbocycles. The lowest BCUT2D eigenvalue weighted by Gasteiger charge is -2.52. The van der Waals surface area contributed by atoms with Crippen LogP contribution in [0, 0.1) is 0 Å². The van der Waals surface area contributed by atoms with E-state index in [0.29, 0.717) is 6.61 Å². The van der Waals surface area contributed by atoms with Gasteiger partial charge in [-0.3, -0.25) is 0 Å². The van der Waals surface area contributed by atoms with E-state index in [1.54, 1.807) is 7.11 Å². The van der Waals surface area contributed by atoms with E-state index in [9.17, 15) is 0 Å². The fourth-order valence-electron chi connectivity index (χ4n) is 2.91. The average molecular weight is 357 g/mol. The summed E-state index contributed by atoms with van der Waals surface area (Å²) in [4.78, 5) is 2.08. The molecule has 1 aromatic rings. The highest BCUT2D eigenvalue weighted by Gasteiger charge is 2.47. The third-order valence-electron chi connectivity index (χ3n) is 3.89. The first-order valence-electron chi connectivity index (χ1n) is 6.59. The Labute approximate surface area is 132 Å². The van der Waals surface area contributed by atoms with E-state index in [1.165, 1.54) is 0 Å². The van der Waals surface area contributed by atoms with Gasteiger partial charge < -0.3 is 19.7 Å². The van der Waals surface area contributed by atoms with E-state index in [0.717, 1.165) is 33.9 Å². The highest BCUT2D eigenvalue weighted by atomic mass is 79.9. The molecule has 3 rings (SSSR count). The Balaban J connectivity index is 1.96. The van der Waals surface area contributed by atoms with Gasteiger partial charge >= 0.3 is 0 Å². The number of rotatable bonds is 3. The normalized spacial score (nSPS) is 27.6. The second kappa shape index (κ2) is 5.16. The van der Waals surface area contributed by atoms with Crippen LogP contribution in [-0.2, 0) is 4.74 Å². The summed E-state index contributed by atoms with van der Waals surface area (Å²) in [6.07, 6.45) is 0.861. The van der Waals surface area contributed by atoms with Crippen molar-refractivity contribution >= 4 is 33.3 Å². The fraction of sp³-hybridized carbons (Fsp3) is 0.500. The number of ether oxygens (including phenoxy) is 2. The SMILES string of the molecule is COCCN1C(=S)NC2CC1(C)Oc1ccc(Br)cc12. The van der Waals surface area contributed by atoms with Crippen LogP contribution in [0.4, 0.5) is 0 Å². The van der Waals surface area contributed by atoms with Gasteiger partial charge in [-0.1, -0.05) is 15.9 Å². The van der Waals surface area contributed by atoms with Crippen molar-refractivity contribution in [1.82, 2.24) is 10.2 Å². The summed E-state index contributed by atoms with van der Waals surface area (Å²) >= 11 is 9.01. The molecule has 2 bridgehead atoms. The Morgan fingerprint density at radius 3 is 3.15 bits per heavy atom. The summed E-state index contributed by atoms with van der Waals surface area (Å²) in [5.41, 5.74) is 0.748. The number of nitrogens with one attached hydrogen (secondary N) is 1. The van der Waals surface area contributed by atoms with Gasteiger partial charge in [-0.15, -0.1) is 0 Å². The van der Waals surface area contributed by atoms with Crippen LogP contribution < -0.4 is 10.1 Å². The third kappa shape index (κ3) is 2.29. The van der Waals surface area contributed by atoms with E-state index in [1.807, 2.05) is 12.1 Å². The number of halogens is 1. The first kappa shape index (κ1) is 14.1. The molecule has 2 atom stereocenters. The van der Waals surface area contributed by atoms with Crippen LogP contribution in [-0.4, -0.2) is 36.0 Å². The molecule has 1 aromatic carbocycles. The quantitative estimate of drug-likeness (QED) is 0.842. The monoisotopic (exact) mass is 356 g/mol. The van der Waals surface area contributed by atoms with E-state index in [4.69, 9.17) is 21.7 Å². The topological polar surface area (TPSA) is 33.7 Å². The van der Waals surface area contributed by atoms with Crippen molar-refractivity contribution in [3.63, 3.8) is 0 Å². The lowest BCUT2D eigenvalue weighted by molar-refractivity contribution is -0.0740. The predicted molar refractivity (Wildman–Crippen MR) is 84.8 cm³/mol. The first-order chi connectivity index (χ1) is 9.53. The van der Waals surface area contributed by atoms with Gasteiger partial charge in [-0.25, -0.2) is 0 Å². The van der Waals surface area contributed by atoms with Gasteiger partial charge in [-0.2, -0.15) is 0 Å². The number of nitrogens with zero attached hydrogens (tertiary/aromatic N) is 1. The van der Waals surface area contributed by atoms with Crippen molar-refractivity contribution in [2.75, 3.05) is 20.3 Å². The van der Waals surface area contributed by atoms with Gasteiger partial charge in [0.15, 0.2) is 10.8 Å². The molecule has 1 fully saturated rings. The second-order valence-electron chi connectivity index (χ2n) is 5.31. The van der Waals surface area contributed by atoms with Crippen molar-refractivity contribution in [3.05, 3.63) is 28.2 Å². The first-order valence-corrected chi connectivity index (χ1v) is 7.79. The maximum atomic E-state index is 6.25. The molecule has 0 saturated carbocycles. The Kier molecular flexibility index (Phi) is 3.64. The molecule has 2 aliphatic rings. The van der Waals surface area contributed by atoms with Gasteiger partial charge in [0.05, 0.1) is 12.6 Å². The Bertz CT molecular complexity index is 554. The second-order valence-corrected chi connectivity index (χ2v) is 6.61. The minimum atomic E-state index is -0.410. The molecule has 2 aliphatic heterocycles. The zero-order chi connectivity index (χ0) is 14.3. The number of hydrogen-bond donors (Lipinski definition) is 1. The molecule has 0 aromatic heterocycles. The molecule has 0 spiro atoms. The molecular weight excluding hydrogens is 340 g/mol. The van der Waals surface area contributed by atoms with Crippen LogP contribution in [0.15, 0.2) is 22.7 Å². The molecule has 1 N–H and O–H groups in total. The fourth-order valence-corrected chi connectivity index (χ4v) is 3.71. The summed E-state index contributed by atoms with van der Waals surface area (Å²) in [5.74, 6) is 0.921.